The third-order valence-electron chi connectivity index (χ3n) is 4.80. The summed E-state index contributed by atoms with van der Waals surface area (Å²) in [5.74, 6) is 0.571. The predicted molar refractivity (Wildman–Crippen MR) is 102 cm³/mol. The summed E-state index contributed by atoms with van der Waals surface area (Å²) >= 11 is 0. The van der Waals surface area contributed by atoms with Crippen LogP contribution in [0, 0.1) is 5.92 Å². The zero-order chi connectivity index (χ0) is 19.1. The van der Waals surface area contributed by atoms with Crippen molar-refractivity contribution in [2.24, 2.45) is 5.92 Å². The minimum absolute atomic E-state index is 0.0213. The van der Waals surface area contributed by atoms with Crippen molar-refractivity contribution in [3.05, 3.63) is 59.9 Å². The molecular formula is C21H25N3O3. The second kappa shape index (κ2) is 9.16. The maximum absolute atomic E-state index is 12.4. The van der Waals surface area contributed by atoms with E-state index in [9.17, 15) is 9.59 Å². The van der Waals surface area contributed by atoms with Crippen molar-refractivity contribution < 1.29 is 14.3 Å². The normalized spacial score (nSPS) is 16.4. The van der Waals surface area contributed by atoms with Gasteiger partial charge in [0, 0.05) is 38.4 Å². The Morgan fingerprint density at radius 2 is 2.15 bits per heavy atom. The fourth-order valence-electron chi connectivity index (χ4n) is 3.36. The number of nitrogens with zero attached hydrogens (tertiary/aromatic N) is 2. The third-order valence-corrected chi connectivity index (χ3v) is 4.80. The number of likely N-dealkylation sites (tertiary alicyclic amines) is 1. The van der Waals surface area contributed by atoms with Crippen LogP contribution in [-0.4, -0.2) is 41.9 Å². The molecule has 0 spiro atoms. The first-order chi connectivity index (χ1) is 13.2. The molecule has 1 N–H and O–H groups in total. The van der Waals surface area contributed by atoms with Gasteiger partial charge in [-0.25, -0.2) is 0 Å². The minimum Gasteiger partial charge on any atom is -0.496 e. The van der Waals surface area contributed by atoms with Crippen LogP contribution in [0.1, 0.15) is 24.0 Å². The molecule has 6 nitrogen and oxygen atoms in total. The number of pyridine rings is 1. The average Bonchev–Trinajstić information content (AvgIpc) is 3.06. The average molecular weight is 367 g/mol. The number of aryl methyl sites for hydroxylation is 1. The fraction of sp³-hybridized carbons (Fsp3) is 0.381. The molecule has 0 radical (unpaired) electrons. The summed E-state index contributed by atoms with van der Waals surface area (Å²) < 4.78 is 5.34. The van der Waals surface area contributed by atoms with Crippen molar-refractivity contribution in [3.8, 4) is 5.75 Å². The first kappa shape index (κ1) is 18.9. The maximum atomic E-state index is 12.4. The zero-order valence-electron chi connectivity index (χ0n) is 15.6. The summed E-state index contributed by atoms with van der Waals surface area (Å²) in [4.78, 5) is 30.4. The van der Waals surface area contributed by atoms with E-state index in [1.807, 2.05) is 36.4 Å². The molecule has 1 fully saturated rings. The molecule has 0 saturated carbocycles. The minimum atomic E-state index is -0.277. The van der Waals surface area contributed by atoms with E-state index < -0.39 is 0 Å². The highest BCUT2D eigenvalue weighted by molar-refractivity contribution is 5.89. The van der Waals surface area contributed by atoms with Crippen LogP contribution in [0.2, 0.25) is 0 Å². The summed E-state index contributed by atoms with van der Waals surface area (Å²) in [6.45, 7) is 1.56. The number of methoxy groups -OCH3 is 1. The molecular weight excluding hydrogens is 342 g/mol. The quantitative estimate of drug-likeness (QED) is 0.726. The molecule has 3 rings (SSSR count). The number of rotatable bonds is 8. The number of carbonyl (C=O) groups is 2. The zero-order valence-corrected chi connectivity index (χ0v) is 15.6. The van der Waals surface area contributed by atoms with Gasteiger partial charge in [-0.3, -0.25) is 14.6 Å². The topological polar surface area (TPSA) is 71.5 Å². The largest absolute Gasteiger partial charge is 0.496 e. The number of benzene rings is 1. The third kappa shape index (κ3) is 5.06. The lowest BCUT2D eigenvalue weighted by atomic mass is 10.1. The SMILES string of the molecule is COc1ccccc1CCCNC(=O)C1CC(=O)N(Cc2cccnc2)C1. The van der Waals surface area contributed by atoms with Gasteiger partial charge >= 0.3 is 0 Å². The van der Waals surface area contributed by atoms with Crippen molar-refractivity contribution in [1.82, 2.24) is 15.2 Å². The lowest BCUT2D eigenvalue weighted by molar-refractivity contribution is -0.129. The molecule has 1 saturated heterocycles. The molecule has 1 unspecified atom stereocenters. The molecule has 1 aromatic heterocycles. The van der Waals surface area contributed by atoms with E-state index >= 15 is 0 Å². The Balaban J connectivity index is 1.43. The number of hydrogen-bond acceptors (Lipinski definition) is 4. The summed E-state index contributed by atoms with van der Waals surface area (Å²) in [6, 6.07) is 11.7. The van der Waals surface area contributed by atoms with Gasteiger partial charge in [0.2, 0.25) is 11.8 Å². The molecule has 1 aromatic carbocycles. The summed E-state index contributed by atoms with van der Waals surface area (Å²) in [6.07, 6.45) is 5.39. The van der Waals surface area contributed by atoms with Gasteiger partial charge in [0.15, 0.2) is 0 Å². The van der Waals surface area contributed by atoms with Gasteiger partial charge in [0.1, 0.15) is 5.75 Å². The van der Waals surface area contributed by atoms with Gasteiger partial charge in [-0.1, -0.05) is 24.3 Å². The van der Waals surface area contributed by atoms with Crippen molar-refractivity contribution in [3.63, 3.8) is 0 Å². The van der Waals surface area contributed by atoms with E-state index in [1.165, 1.54) is 0 Å². The molecule has 142 valence electrons. The number of aromatic nitrogens is 1. The second-order valence-electron chi connectivity index (χ2n) is 6.74. The monoisotopic (exact) mass is 367 g/mol. The number of para-hydroxylation sites is 1. The highest BCUT2D eigenvalue weighted by Crippen LogP contribution is 2.21. The molecule has 2 aromatic rings. The number of amides is 2. The number of carbonyl (C=O) groups excluding carboxylic acids is 2. The van der Waals surface area contributed by atoms with Gasteiger partial charge in [-0.05, 0) is 36.1 Å². The van der Waals surface area contributed by atoms with Gasteiger partial charge in [-0.15, -0.1) is 0 Å². The molecule has 27 heavy (non-hydrogen) atoms. The van der Waals surface area contributed by atoms with Crippen molar-refractivity contribution in [1.29, 1.82) is 0 Å². The van der Waals surface area contributed by atoms with E-state index in [-0.39, 0.29) is 24.2 Å². The van der Waals surface area contributed by atoms with Gasteiger partial charge < -0.3 is 15.0 Å². The van der Waals surface area contributed by atoms with E-state index in [0.717, 1.165) is 29.7 Å². The molecule has 1 atom stereocenters. The Labute approximate surface area is 159 Å². The van der Waals surface area contributed by atoms with E-state index in [0.29, 0.717) is 19.6 Å². The highest BCUT2D eigenvalue weighted by atomic mass is 16.5. The van der Waals surface area contributed by atoms with Crippen LogP contribution in [0.3, 0.4) is 0 Å². The van der Waals surface area contributed by atoms with Gasteiger partial charge in [0.05, 0.1) is 13.0 Å². The maximum Gasteiger partial charge on any atom is 0.225 e. The van der Waals surface area contributed by atoms with Crippen LogP contribution in [0.4, 0.5) is 0 Å². The Hall–Kier alpha value is -2.89. The van der Waals surface area contributed by atoms with Crippen LogP contribution >= 0.6 is 0 Å². The Morgan fingerprint density at radius 3 is 2.93 bits per heavy atom. The van der Waals surface area contributed by atoms with Crippen LogP contribution < -0.4 is 10.1 Å². The molecule has 2 amide bonds. The fourth-order valence-corrected chi connectivity index (χ4v) is 3.36. The number of nitrogens with one attached hydrogen (secondary N) is 1. The van der Waals surface area contributed by atoms with Gasteiger partial charge in [0.25, 0.3) is 0 Å². The predicted octanol–water partition coefficient (Wildman–Crippen LogP) is 2.19. The lowest BCUT2D eigenvalue weighted by Crippen LogP contribution is -2.33. The Morgan fingerprint density at radius 1 is 1.30 bits per heavy atom. The molecule has 1 aliphatic rings. The summed E-state index contributed by atoms with van der Waals surface area (Å²) in [5.41, 5.74) is 2.11. The number of ether oxygens (including phenoxy) is 1. The molecule has 1 aliphatic heterocycles. The van der Waals surface area contributed by atoms with Crippen LogP contribution in [0.5, 0.6) is 5.75 Å². The van der Waals surface area contributed by atoms with Crippen LogP contribution in [-0.2, 0) is 22.6 Å². The van der Waals surface area contributed by atoms with E-state index in [4.69, 9.17) is 4.74 Å². The molecule has 2 heterocycles. The van der Waals surface area contributed by atoms with Crippen molar-refractivity contribution >= 4 is 11.8 Å². The summed E-state index contributed by atoms with van der Waals surface area (Å²) in [5, 5.41) is 2.97. The van der Waals surface area contributed by atoms with Crippen LogP contribution in [0.25, 0.3) is 0 Å². The van der Waals surface area contributed by atoms with E-state index in [1.54, 1.807) is 24.4 Å². The molecule has 6 heteroatoms. The number of hydrogen-bond donors (Lipinski definition) is 1. The highest BCUT2D eigenvalue weighted by Gasteiger charge is 2.33. The molecule has 0 aliphatic carbocycles. The van der Waals surface area contributed by atoms with Crippen LogP contribution in [0.15, 0.2) is 48.8 Å². The van der Waals surface area contributed by atoms with Gasteiger partial charge in [-0.2, -0.15) is 0 Å². The standard InChI is InChI=1S/C21H25N3O3/c1-27-19-9-3-2-7-17(19)8-5-11-23-21(26)18-12-20(25)24(15-18)14-16-6-4-10-22-13-16/h2-4,6-7,9-10,13,18H,5,8,11-12,14-15H2,1H3,(H,23,26). The Bertz CT molecular complexity index is 779. The Kier molecular flexibility index (Phi) is 6.41. The first-order valence-corrected chi connectivity index (χ1v) is 9.23. The second-order valence-corrected chi connectivity index (χ2v) is 6.74. The first-order valence-electron chi connectivity index (χ1n) is 9.23. The van der Waals surface area contributed by atoms with E-state index in [2.05, 4.69) is 10.3 Å². The summed E-state index contributed by atoms with van der Waals surface area (Å²) in [7, 11) is 1.66. The lowest BCUT2D eigenvalue weighted by Gasteiger charge is -2.16. The smallest absolute Gasteiger partial charge is 0.225 e. The van der Waals surface area contributed by atoms with Crippen molar-refractivity contribution in [2.45, 2.75) is 25.8 Å². The molecule has 0 bridgehead atoms. The van der Waals surface area contributed by atoms with Crippen molar-refractivity contribution in [2.75, 3.05) is 20.2 Å².